The molecule has 1 aromatic carbocycles. The monoisotopic (exact) mass is 469 g/mol. The summed E-state index contributed by atoms with van der Waals surface area (Å²) in [7, 11) is 1.70. The average Bonchev–Trinajstić information content (AvgIpc) is 2.84. The van der Waals surface area contributed by atoms with Gasteiger partial charge in [0.15, 0.2) is 0 Å². The van der Waals surface area contributed by atoms with E-state index < -0.39 is 6.09 Å². The van der Waals surface area contributed by atoms with Crippen LogP contribution in [0.2, 0.25) is 0 Å². The largest absolute Gasteiger partial charge is 0.497 e. The number of methoxy groups -OCH3 is 1. The molecule has 3 atom stereocenters. The van der Waals surface area contributed by atoms with E-state index in [1.165, 1.54) is 43.1 Å². The summed E-state index contributed by atoms with van der Waals surface area (Å²) in [5, 5.41) is 1.17. The molecular formula is C28H43N3O3. The zero-order chi connectivity index (χ0) is 24.3. The van der Waals surface area contributed by atoms with Crippen molar-refractivity contribution in [1.82, 2.24) is 9.88 Å². The topological polar surface area (TPSA) is 77.7 Å². The summed E-state index contributed by atoms with van der Waals surface area (Å²) >= 11 is 0. The highest BCUT2D eigenvalue weighted by Gasteiger charge is 2.34. The molecule has 1 aliphatic heterocycles. The van der Waals surface area contributed by atoms with Gasteiger partial charge in [-0.3, -0.25) is 4.98 Å². The minimum atomic E-state index is -0.667. The minimum Gasteiger partial charge on any atom is -0.497 e. The third-order valence-electron chi connectivity index (χ3n) is 7.43. The summed E-state index contributed by atoms with van der Waals surface area (Å²) in [6.07, 6.45) is 11.9. The predicted molar refractivity (Wildman–Crippen MR) is 138 cm³/mol. The molecule has 1 unspecified atom stereocenters. The molecule has 1 aromatic heterocycles. The second kappa shape index (κ2) is 13.5. The second-order valence-electron chi connectivity index (χ2n) is 9.81. The lowest BCUT2D eigenvalue weighted by molar-refractivity contribution is 0.00814. The fraction of sp³-hybridized carbons (Fsp3) is 0.643. The van der Waals surface area contributed by atoms with Crippen LogP contribution in [0.4, 0.5) is 4.79 Å². The van der Waals surface area contributed by atoms with Gasteiger partial charge in [-0.25, -0.2) is 4.79 Å². The van der Waals surface area contributed by atoms with Crippen molar-refractivity contribution in [3.8, 4) is 5.75 Å². The Balaban J connectivity index is 1.58. The Morgan fingerprint density at radius 1 is 1.21 bits per heavy atom. The van der Waals surface area contributed by atoms with Gasteiger partial charge in [0.2, 0.25) is 0 Å². The number of fused-ring (bicyclic) bond motifs is 1. The first-order chi connectivity index (χ1) is 16.5. The Morgan fingerprint density at radius 3 is 2.79 bits per heavy atom. The number of pyridine rings is 1. The zero-order valence-electron chi connectivity index (χ0n) is 21.3. The zero-order valence-corrected chi connectivity index (χ0v) is 21.3. The highest BCUT2D eigenvalue weighted by atomic mass is 16.6. The molecule has 2 N–H and O–H groups in total. The number of nitrogens with two attached hydrogens (primary N) is 1. The number of rotatable bonds is 13. The minimum absolute atomic E-state index is 0.156. The highest BCUT2D eigenvalue weighted by Crippen LogP contribution is 2.33. The van der Waals surface area contributed by atoms with E-state index in [2.05, 4.69) is 28.9 Å². The van der Waals surface area contributed by atoms with Crippen molar-refractivity contribution >= 4 is 17.0 Å². The molecule has 1 aliphatic rings. The van der Waals surface area contributed by atoms with Gasteiger partial charge < -0.3 is 20.1 Å². The van der Waals surface area contributed by atoms with Gasteiger partial charge in [-0.1, -0.05) is 32.6 Å². The molecule has 6 nitrogen and oxygen atoms in total. The number of primary amides is 1. The van der Waals surface area contributed by atoms with Crippen molar-refractivity contribution in [3.05, 3.63) is 36.0 Å². The molecule has 1 amide bonds. The molecule has 2 aromatic rings. The van der Waals surface area contributed by atoms with Gasteiger partial charge in [0.1, 0.15) is 11.9 Å². The number of likely N-dealkylation sites (tertiary alicyclic amines) is 1. The number of nitrogens with zero attached hydrogens (tertiary/aromatic N) is 2. The molecule has 0 spiro atoms. The maximum absolute atomic E-state index is 11.5. The molecule has 0 aliphatic carbocycles. The number of carbonyl (C=O) groups excluding carboxylic acids is 1. The van der Waals surface area contributed by atoms with Crippen molar-refractivity contribution in [3.63, 3.8) is 0 Å². The van der Waals surface area contributed by atoms with Crippen molar-refractivity contribution < 1.29 is 14.3 Å². The van der Waals surface area contributed by atoms with Crippen LogP contribution in [0.15, 0.2) is 30.5 Å². The Morgan fingerprint density at radius 2 is 2.03 bits per heavy atom. The Kier molecular flexibility index (Phi) is 10.4. The fourth-order valence-electron chi connectivity index (χ4n) is 5.49. The van der Waals surface area contributed by atoms with Crippen LogP contribution in [0, 0.1) is 11.8 Å². The quantitative estimate of drug-likeness (QED) is 0.366. The summed E-state index contributed by atoms with van der Waals surface area (Å²) < 4.78 is 10.9. The molecule has 2 heterocycles. The van der Waals surface area contributed by atoms with E-state index in [1.54, 1.807) is 7.11 Å². The van der Waals surface area contributed by atoms with Crippen molar-refractivity contribution in [2.24, 2.45) is 17.6 Å². The fourth-order valence-corrected chi connectivity index (χ4v) is 5.49. The van der Waals surface area contributed by atoms with Crippen LogP contribution in [-0.4, -0.2) is 48.8 Å². The summed E-state index contributed by atoms with van der Waals surface area (Å²) in [5.41, 5.74) is 7.69. The van der Waals surface area contributed by atoms with Gasteiger partial charge in [0.25, 0.3) is 0 Å². The van der Waals surface area contributed by atoms with E-state index >= 15 is 0 Å². The van der Waals surface area contributed by atoms with Crippen LogP contribution in [0.25, 0.3) is 10.9 Å². The number of aromatic nitrogens is 1. The molecule has 0 bridgehead atoms. The summed E-state index contributed by atoms with van der Waals surface area (Å²) in [4.78, 5) is 18.5. The van der Waals surface area contributed by atoms with Crippen LogP contribution in [0.1, 0.15) is 70.8 Å². The molecule has 0 saturated carbocycles. The van der Waals surface area contributed by atoms with Crippen LogP contribution >= 0.6 is 0 Å². The van der Waals surface area contributed by atoms with Crippen LogP contribution in [0.3, 0.4) is 0 Å². The van der Waals surface area contributed by atoms with Crippen LogP contribution in [-0.2, 0) is 11.2 Å². The van der Waals surface area contributed by atoms with E-state index in [0.717, 1.165) is 56.6 Å². The molecule has 3 rings (SSSR count). The lowest BCUT2D eigenvalue weighted by Gasteiger charge is -2.41. The van der Waals surface area contributed by atoms with E-state index in [0.29, 0.717) is 11.8 Å². The normalized spacial score (nSPS) is 19.7. The van der Waals surface area contributed by atoms with Gasteiger partial charge >= 0.3 is 6.09 Å². The molecular weight excluding hydrogens is 426 g/mol. The summed E-state index contributed by atoms with van der Waals surface area (Å²) in [5.74, 6) is 1.72. The Bertz CT molecular complexity index is 904. The highest BCUT2D eigenvalue weighted by molar-refractivity contribution is 5.83. The van der Waals surface area contributed by atoms with Crippen molar-refractivity contribution in [1.29, 1.82) is 0 Å². The van der Waals surface area contributed by atoms with Crippen LogP contribution in [0.5, 0.6) is 5.75 Å². The van der Waals surface area contributed by atoms with Gasteiger partial charge in [-0.05, 0) is 87.9 Å². The number of amides is 1. The number of benzene rings is 1. The van der Waals surface area contributed by atoms with Crippen LogP contribution < -0.4 is 10.5 Å². The third kappa shape index (κ3) is 7.59. The molecule has 188 valence electrons. The van der Waals surface area contributed by atoms with Crippen molar-refractivity contribution in [2.75, 3.05) is 26.7 Å². The number of carbonyl (C=O) groups is 1. The lowest BCUT2D eigenvalue weighted by atomic mass is 9.78. The first-order valence-electron chi connectivity index (χ1n) is 13.1. The van der Waals surface area contributed by atoms with Gasteiger partial charge in [-0.2, -0.15) is 0 Å². The summed E-state index contributed by atoms with van der Waals surface area (Å²) in [6, 6.07) is 8.19. The molecule has 0 radical (unpaired) electrons. The van der Waals surface area contributed by atoms with Crippen molar-refractivity contribution in [2.45, 2.75) is 77.7 Å². The first kappa shape index (κ1) is 26.3. The van der Waals surface area contributed by atoms with E-state index in [9.17, 15) is 4.79 Å². The molecule has 34 heavy (non-hydrogen) atoms. The number of aryl methyl sites for hydroxylation is 1. The molecule has 1 fully saturated rings. The Hall–Kier alpha value is -2.34. The van der Waals surface area contributed by atoms with E-state index in [4.69, 9.17) is 15.2 Å². The van der Waals surface area contributed by atoms with E-state index in [-0.39, 0.29) is 6.10 Å². The maximum Gasteiger partial charge on any atom is 0.404 e. The number of piperidine rings is 1. The third-order valence-corrected chi connectivity index (χ3v) is 7.43. The Labute approximate surface area is 205 Å². The van der Waals surface area contributed by atoms with Gasteiger partial charge in [0, 0.05) is 24.0 Å². The number of ether oxygens (including phenoxy) is 2. The maximum atomic E-state index is 11.5. The number of hydrogen-bond acceptors (Lipinski definition) is 5. The number of hydrogen-bond donors (Lipinski definition) is 1. The number of unbranched alkanes of at least 4 members (excludes halogenated alkanes) is 4. The first-order valence-corrected chi connectivity index (χ1v) is 13.1. The average molecular weight is 470 g/mol. The standard InChI is InChI=1S/C28H43N3O3/c1-4-5-6-7-8-17-31-18-15-23(26(20-31)21(2)34-28(29)32)11-9-10-22-14-16-30-27-13-12-24(33-3)19-25(22)27/h12-14,16,19,21,23,26H,4-11,15,17-18,20H2,1-3H3,(H2,29,32)/t21?,23-,26-/m1/s1. The molecule has 1 saturated heterocycles. The predicted octanol–water partition coefficient (Wildman–Crippen LogP) is 5.96. The molecule has 6 heteroatoms. The second-order valence-corrected chi connectivity index (χ2v) is 9.81. The SMILES string of the molecule is CCCCCCCN1CC[C@@H](CCCc2ccnc3ccc(OC)cc23)[C@@H](C(C)OC(N)=O)C1. The lowest BCUT2D eigenvalue weighted by Crippen LogP contribution is -2.46. The van der Waals surface area contributed by atoms with Gasteiger partial charge in [0.05, 0.1) is 12.6 Å². The smallest absolute Gasteiger partial charge is 0.404 e. The van der Waals surface area contributed by atoms with E-state index in [1.807, 2.05) is 25.3 Å². The summed E-state index contributed by atoms with van der Waals surface area (Å²) in [6.45, 7) is 7.52. The van der Waals surface area contributed by atoms with Gasteiger partial charge in [-0.15, -0.1) is 0 Å².